The molecule has 0 saturated heterocycles. The van der Waals surface area contributed by atoms with Gasteiger partial charge in [-0.3, -0.25) is 4.79 Å². The first-order valence-electron chi connectivity index (χ1n) is 6.28. The maximum atomic E-state index is 12.1. The molecular formula is C17H13ClO. The van der Waals surface area contributed by atoms with Gasteiger partial charge in [0.1, 0.15) is 0 Å². The number of Topliss-reactive ketones (excluding diaryl/α,β-unsaturated/α-hetero) is 1. The number of ketones is 1. The Kier molecular flexibility index (Phi) is 3.22. The quantitative estimate of drug-likeness (QED) is 0.741. The zero-order chi connectivity index (χ0) is 13.2. The molecule has 0 radical (unpaired) electrons. The molecule has 94 valence electrons. The third kappa shape index (κ3) is 2.61. The number of rotatable bonds is 1. The lowest BCUT2D eigenvalue weighted by atomic mass is 9.86. The number of fused-ring (bicyclic) bond motifs is 1. The van der Waals surface area contributed by atoms with Crippen molar-refractivity contribution in [3.8, 4) is 0 Å². The molecule has 1 aliphatic carbocycles. The van der Waals surface area contributed by atoms with Crippen molar-refractivity contribution in [1.82, 2.24) is 0 Å². The molecule has 0 aromatic heterocycles. The number of carbonyl (C=O) groups is 1. The predicted molar refractivity (Wildman–Crippen MR) is 78.5 cm³/mol. The van der Waals surface area contributed by atoms with Gasteiger partial charge in [0.25, 0.3) is 0 Å². The molecular weight excluding hydrogens is 256 g/mol. The number of hydrogen-bond acceptors (Lipinski definition) is 1. The molecule has 0 saturated carbocycles. The normalized spacial score (nSPS) is 16.5. The van der Waals surface area contributed by atoms with Crippen LogP contribution < -0.4 is 0 Å². The highest BCUT2D eigenvalue weighted by Crippen LogP contribution is 2.26. The molecule has 0 N–H and O–H groups in total. The first-order chi connectivity index (χ1) is 9.22. The fraction of sp³-hybridized carbons (Fsp3) is 0.118. The molecule has 2 heteroatoms. The van der Waals surface area contributed by atoms with Crippen LogP contribution in [-0.2, 0) is 6.42 Å². The fourth-order valence-corrected chi connectivity index (χ4v) is 2.58. The maximum absolute atomic E-state index is 12.1. The van der Waals surface area contributed by atoms with Crippen LogP contribution in [0, 0.1) is 0 Å². The van der Waals surface area contributed by atoms with Crippen LogP contribution in [-0.4, -0.2) is 5.78 Å². The second kappa shape index (κ2) is 5.02. The summed E-state index contributed by atoms with van der Waals surface area (Å²) in [5.74, 6) is 0.210. The molecule has 19 heavy (non-hydrogen) atoms. The first kappa shape index (κ1) is 12.2. The molecule has 0 spiro atoms. The van der Waals surface area contributed by atoms with E-state index in [0.717, 1.165) is 33.7 Å². The SMILES string of the molecule is O=C1CC(=Cc2ccc(Cl)cc2)Cc2ccccc21. The van der Waals surface area contributed by atoms with Crippen LogP contribution in [0.2, 0.25) is 5.02 Å². The minimum atomic E-state index is 0.210. The lowest BCUT2D eigenvalue weighted by Gasteiger charge is -2.17. The summed E-state index contributed by atoms with van der Waals surface area (Å²) < 4.78 is 0. The van der Waals surface area contributed by atoms with E-state index < -0.39 is 0 Å². The van der Waals surface area contributed by atoms with Crippen molar-refractivity contribution in [2.24, 2.45) is 0 Å². The average molecular weight is 269 g/mol. The van der Waals surface area contributed by atoms with Gasteiger partial charge in [-0.05, 0) is 29.7 Å². The van der Waals surface area contributed by atoms with Gasteiger partial charge in [0.15, 0.2) is 5.78 Å². The van der Waals surface area contributed by atoms with Crippen LogP contribution in [0.3, 0.4) is 0 Å². The number of hydrogen-bond donors (Lipinski definition) is 0. The first-order valence-corrected chi connectivity index (χ1v) is 6.66. The van der Waals surface area contributed by atoms with Gasteiger partial charge in [-0.1, -0.05) is 59.6 Å². The second-order valence-corrected chi connectivity index (χ2v) is 5.22. The van der Waals surface area contributed by atoms with Crippen molar-refractivity contribution in [1.29, 1.82) is 0 Å². The minimum Gasteiger partial charge on any atom is -0.294 e. The molecule has 0 amide bonds. The summed E-state index contributed by atoms with van der Waals surface area (Å²) in [6.45, 7) is 0. The highest BCUT2D eigenvalue weighted by Gasteiger charge is 2.19. The van der Waals surface area contributed by atoms with Crippen molar-refractivity contribution in [3.63, 3.8) is 0 Å². The van der Waals surface area contributed by atoms with Gasteiger partial charge in [-0.15, -0.1) is 0 Å². The zero-order valence-corrected chi connectivity index (χ0v) is 11.2. The molecule has 3 rings (SSSR count). The smallest absolute Gasteiger partial charge is 0.167 e. The summed E-state index contributed by atoms with van der Waals surface area (Å²) in [7, 11) is 0. The molecule has 0 heterocycles. The largest absolute Gasteiger partial charge is 0.294 e. The number of allylic oxidation sites excluding steroid dienone is 1. The summed E-state index contributed by atoms with van der Waals surface area (Å²) in [6.07, 6.45) is 3.45. The van der Waals surface area contributed by atoms with E-state index >= 15 is 0 Å². The Hall–Kier alpha value is -1.86. The van der Waals surface area contributed by atoms with Gasteiger partial charge < -0.3 is 0 Å². The van der Waals surface area contributed by atoms with E-state index in [1.165, 1.54) is 0 Å². The van der Waals surface area contributed by atoms with Crippen LogP contribution in [0.4, 0.5) is 0 Å². The molecule has 1 nitrogen and oxygen atoms in total. The number of benzene rings is 2. The van der Waals surface area contributed by atoms with Crippen LogP contribution in [0.25, 0.3) is 6.08 Å². The Labute approximate surface area is 117 Å². The van der Waals surface area contributed by atoms with Gasteiger partial charge >= 0.3 is 0 Å². The standard InChI is InChI=1S/C17H13ClO/c18-15-7-5-12(6-8-15)9-13-10-14-3-1-2-4-16(14)17(19)11-13/h1-9H,10-11H2. The highest BCUT2D eigenvalue weighted by molar-refractivity contribution is 6.30. The fourth-order valence-electron chi connectivity index (χ4n) is 2.45. The van der Waals surface area contributed by atoms with Crippen LogP contribution in [0.1, 0.15) is 27.9 Å². The molecule has 0 atom stereocenters. The lowest BCUT2D eigenvalue weighted by molar-refractivity contribution is 0.0987. The van der Waals surface area contributed by atoms with Gasteiger partial charge in [0, 0.05) is 17.0 Å². The predicted octanol–water partition coefficient (Wildman–Crippen LogP) is 4.55. The zero-order valence-electron chi connectivity index (χ0n) is 10.4. The number of carbonyl (C=O) groups excluding carboxylic acids is 1. The summed E-state index contributed by atoms with van der Waals surface area (Å²) in [6, 6.07) is 15.5. The molecule has 1 aliphatic rings. The van der Waals surface area contributed by atoms with Gasteiger partial charge in [-0.2, -0.15) is 0 Å². The monoisotopic (exact) mass is 268 g/mol. The van der Waals surface area contributed by atoms with E-state index in [2.05, 4.69) is 6.08 Å². The summed E-state index contributed by atoms with van der Waals surface area (Å²) in [5, 5.41) is 0.729. The molecule has 0 fully saturated rings. The van der Waals surface area contributed by atoms with Crippen LogP contribution in [0.15, 0.2) is 54.1 Å². The van der Waals surface area contributed by atoms with E-state index in [-0.39, 0.29) is 5.78 Å². The van der Waals surface area contributed by atoms with Crippen molar-refractivity contribution in [2.75, 3.05) is 0 Å². The van der Waals surface area contributed by atoms with E-state index in [1.54, 1.807) is 0 Å². The van der Waals surface area contributed by atoms with Crippen molar-refractivity contribution in [2.45, 2.75) is 12.8 Å². The van der Waals surface area contributed by atoms with Gasteiger partial charge in [0.05, 0.1) is 0 Å². The average Bonchev–Trinajstić information content (AvgIpc) is 2.42. The van der Waals surface area contributed by atoms with E-state index in [4.69, 9.17) is 11.6 Å². The summed E-state index contributed by atoms with van der Waals surface area (Å²) in [4.78, 5) is 12.1. The third-order valence-electron chi connectivity index (χ3n) is 3.36. The van der Waals surface area contributed by atoms with E-state index in [9.17, 15) is 4.79 Å². The van der Waals surface area contributed by atoms with Gasteiger partial charge in [0.2, 0.25) is 0 Å². The number of halogens is 1. The van der Waals surface area contributed by atoms with Crippen LogP contribution >= 0.6 is 11.6 Å². The molecule has 0 bridgehead atoms. The molecule has 2 aromatic carbocycles. The Balaban J connectivity index is 1.93. The van der Waals surface area contributed by atoms with Gasteiger partial charge in [-0.25, -0.2) is 0 Å². The molecule has 2 aromatic rings. The van der Waals surface area contributed by atoms with Crippen molar-refractivity contribution in [3.05, 3.63) is 75.8 Å². The highest BCUT2D eigenvalue weighted by atomic mass is 35.5. The summed E-state index contributed by atoms with van der Waals surface area (Å²) >= 11 is 5.87. The molecule has 0 unspecified atom stereocenters. The minimum absolute atomic E-state index is 0.210. The van der Waals surface area contributed by atoms with E-state index in [0.29, 0.717) is 6.42 Å². The van der Waals surface area contributed by atoms with Crippen molar-refractivity contribution >= 4 is 23.5 Å². The third-order valence-corrected chi connectivity index (χ3v) is 3.62. The Morgan fingerprint density at radius 1 is 0.947 bits per heavy atom. The van der Waals surface area contributed by atoms with Crippen LogP contribution in [0.5, 0.6) is 0 Å². The Morgan fingerprint density at radius 3 is 2.47 bits per heavy atom. The topological polar surface area (TPSA) is 17.1 Å². The Morgan fingerprint density at radius 2 is 1.68 bits per heavy atom. The maximum Gasteiger partial charge on any atom is 0.167 e. The second-order valence-electron chi connectivity index (χ2n) is 4.79. The molecule has 0 aliphatic heterocycles. The van der Waals surface area contributed by atoms with E-state index in [1.807, 2.05) is 48.5 Å². The lowest BCUT2D eigenvalue weighted by Crippen LogP contribution is -2.12. The Bertz CT molecular complexity index is 653. The van der Waals surface area contributed by atoms with Crippen molar-refractivity contribution < 1.29 is 4.79 Å². The summed E-state index contributed by atoms with van der Waals surface area (Å²) in [5.41, 5.74) is 4.24.